The predicted molar refractivity (Wildman–Crippen MR) is 140 cm³/mol. The number of aryl methyl sites for hydroxylation is 2. The fourth-order valence-corrected chi connectivity index (χ4v) is 6.73. The van der Waals surface area contributed by atoms with E-state index in [-0.39, 0.29) is 26.3 Å². The Morgan fingerprint density at radius 1 is 0.794 bits per heavy atom. The largest absolute Gasteiger partial charge is 0.506 e. The van der Waals surface area contributed by atoms with Gasteiger partial charge in [0.25, 0.3) is 0 Å². The van der Waals surface area contributed by atoms with Crippen molar-refractivity contribution in [1.29, 1.82) is 0 Å². The van der Waals surface area contributed by atoms with Crippen LogP contribution in [0.25, 0.3) is 11.1 Å². The molecule has 6 heteroatoms. The highest BCUT2D eigenvalue weighted by Gasteiger charge is 2.25. The van der Waals surface area contributed by atoms with Crippen LogP contribution < -0.4 is 0 Å². The highest BCUT2D eigenvalue weighted by molar-refractivity contribution is 7.90. The monoisotopic (exact) mass is 510 g/mol. The molecule has 0 heterocycles. The third-order valence-electron chi connectivity index (χ3n) is 5.69. The second kappa shape index (κ2) is 9.83. The molecule has 0 aliphatic rings. The molecule has 4 aromatic carbocycles. The summed E-state index contributed by atoms with van der Waals surface area (Å²) in [6.45, 7) is 3.75. The van der Waals surface area contributed by atoms with E-state index in [1.54, 1.807) is 6.92 Å². The van der Waals surface area contributed by atoms with Gasteiger partial charge < -0.3 is 5.11 Å². The number of sulfone groups is 1. The number of halogens is 2. The number of rotatable bonds is 6. The summed E-state index contributed by atoms with van der Waals surface area (Å²) in [6, 6.07) is 24.8. The lowest BCUT2D eigenvalue weighted by atomic mass is 9.97. The fraction of sp³-hybridized carbons (Fsp3) is 0.143. The first-order valence-electron chi connectivity index (χ1n) is 10.8. The van der Waals surface area contributed by atoms with E-state index in [2.05, 4.69) is 18.2 Å². The Hall–Kier alpha value is -2.79. The molecule has 4 rings (SSSR count). The molecule has 34 heavy (non-hydrogen) atoms. The molecule has 0 amide bonds. The van der Waals surface area contributed by atoms with Crippen molar-refractivity contribution in [1.82, 2.24) is 0 Å². The average Bonchev–Trinajstić information content (AvgIpc) is 2.77. The van der Waals surface area contributed by atoms with Crippen LogP contribution in [0.2, 0.25) is 10.0 Å². The lowest BCUT2D eigenvalue weighted by molar-refractivity contribution is 0.470. The molecule has 0 aliphatic carbocycles. The smallest absolute Gasteiger partial charge is 0.183 e. The molecule has 0 aromatic heterocycles. The molecular weight excluding hydrogens is 487 g/mol. The van der Waals surface area contributed by atoms with Crippen molar-refractivity contribution in [2.24, 2.45) is 0 Å². The maximum absolute atomic E-state index is 13.6. The van der Waals surface area contributed by atoms with Gasteiger partial charge >= 0.3 is 0 Å². The zero-order chi connectivity index (χ0) is 24.5. The van der Waals surface area contributed by atoms with E-state index in [4.69, 9.17) is 23.2 Å². The number of aromatic hydroxyl groups is 1. The van der Waals surface area contributed by atoms with Crippen LogP contribution in [0.15, 0.2) is 83.8 Å². The van der Waals surface area contributed by atoms with Crippen LogP contribution >= 0.6 is 23.2 Å². The first-order chi connectivity index (χ1) is 16.1. The van der Waals surface area contributed by atoms with Crippen LogP contribution in [0.4, 0.5) is 0 Å². The Balaban J connectivity index is 1.75. The molecule has 1 N–H and O–H groups in total. The maximum atomic E-state index is 13.6. The summed E-state index contributed by atoms with van der Waals surface area (Å²) in [5.41, 5.74) is 5.73. The van der Waals surface area contributed by atoms with Crippen molar-refractivity contribution in [3.63, 3.8) is 0 Å². The lowest BCUT2D eigenvalue weighted by Gasteiger charge is -2.16. The molecule has 0 unspecified atom stereocenters. The second-order valence-corrected chi connectivity index (χ2v) is 11.2. The number of phenols is 1. The van der Waals surface area contributed by atoms with Crippen molar-refractivity contribution in [2.75, 3.05) is 0 Å². The lowest BCUT2D eigenvalue weighted by Crippen LogP contribution is -2.11. The molecule has 0 saturated carbocycles. The first kappa shape index (κ1) is 24.3. The molecule has 0 aliphatic heterocycles. The average molecular weight is 511 g/mol. The number of hydrogen-bond acceptors (Lipinski definition) is 3. The van der Waals surface area contributed by atoms with Gasteiger partial charge in [0, 0.05) is 10.6 Å². The zero-order valence-corrected chi connectivity index (χ0v) is 21.2. The van der Waals surface area contributed by atoms with Gasteiger partial charge in [-0.3, -0.25) is 0 Å². The van der Waals surface area contributed by atoms with Gasteiger partial charge in [0.2, 0.25) is 0 Å². The van der Waals surface area contributed by atoms with Gasteiger partial charge in [0.05, 0.1) is 15.7 Å². The van der Waals surface area contributed by atoms with Crippen molar-refractivity contribution in [2.45, 2.75) is 30.9 Å². The zero-order valence-electron chi connectivity index (χ0n) is 18.8. The highest BCUT2D eigenvalue weighted by atomic mass is 35.5. The van der Waals surface area contributed by atoms with Gasteiger partial charge in [0.15, 0.2) is 9.84 Å². The second-order valence-electron chi connectivity index (χ2n) is 8.47. The maximum Gasteiger partial charge on any atom is 0.183 e. The van der Waals surface area contributed by atoms with Gasteiger partial charge in [-0.2, -0.15) is 0 Å². The van der Waals surface area contributed by atoms with Crippen LogP contribution in [-0.2, 0) is 22.0 Å². The summed E-state index contributed by atoms with van der Waals surface area (Å²) in [4.78, 5) is 0.277. The SMILES string of the molecule is Cc1cc(C)c(S(=O)(=O)Cc2cc(Cl)cc(Cl)c2O)c(Cc2cccc(-c3ccccc3)c2)c1. The molecule has 0 saturated heterocycles. The summed E-state index contributed by atoms with van der Waals surface area (Å²) in [6.07, 6.45) is 0.458. The van der Waals surface area contributed by atoms with Gasteiger partial charge in [-0.1, -0.05) is 95.5 Å². The molecule has 0 spiro atoms. The molecule has 0 atom stereocenters. The van der Waals surface area contributed by atoms with E-state index < -0.39 is 15.6 Å². The summed E-state index contributed by atoms with van der Waals surface area (Å²) < 4.78 is 27.2. The number of hydrogen-bond donors (Lipinski definition) is 1. The Morgan fingerprint density at radius 3 is 2.24 bits per heavy atom. The van der Waals surface area contributed by atoms with E-state index in [9.17, 15) is 13.5 Å². The van der Waals surface area contributed by atoms with E-state index in [1.807, 2.05) is 55.5 Å². The van der Waals surface area contributed by atoms with Gasteiger partial charge in [0.1, 0.15) is 5.75 Å². The van der Waals surface area contributed by atoms with Gasteiger partial charge in [-0.15, -0.1) is 0 Å². The third-order valence-corrected chi connectivity index (χ3v) is 8.09. The van der Waals surface area contributed by atoms with Crippen molar-refractivity contribution < 1.29 is 13.5 Å². The summed E-state index contributed by atoms with van der Waals surface area (Å²) in [5, 5.41) is 10.6. The Kier molecular flexibility index (Phi) is 7.04. The Bertz CT molecular complexity index is 1460. The van der Waals surface area contributed by atoms with Crippen LogP contribution in [0, 0.1) is 13.8 Å². The molecule has 174 valence electrons. The number of phenolic OH excluding ortho intramolecular Hbond substituents is 1. The molecular formula is C28H24Cl2O3S. The van der Waals surface area contributed by atoms with Crippen LogP contribution in [0.5, 0.6) is 5.75 Å². The predicted octanol–water partition coefficient (Wildman–Crippen LogP) is 7.55. The van der Waals surface area contributed by atoms with Crippen molar-refractivity contribution in [3.8, 4) is 16.9 Å². The van der Waals surface area contributed by atoms with Crippen LogP contribution in [0.3, 0.4) is 0 Å². The molecule has 4 aromatic rings. The van der Waals surface area contributed by atoms with Crippen LogP contribution in [0.1, 0.15) is 27.8 Å². The topological polar surface area (TPSA) is 54.4 Å². The third kappa shape index (κ3) is 5.30. The minimum atomic E-state index is -3.81. The summed E-state index contributed by atoms with van der Waals surface area (Å²) in [7, 11) is -3.81. The summed E-state index contributed by atoms with van der Waals surface area (Å²) in [5.74, 6) is -0.670. The molecule has 0 bridgehead atoms. The summed E-state index contributed by atoms with van der Waals surface area (Å²) >= 11 is 12.1. The van der Waals surface area contributed by atoms with E-state index in [0.29, 0.717) is 12.0 Å². The van der Waals surface area contributed by atoms with Crippen molar-refractivity contribution in [3.05, 3.63) is 117 Å². The molecule has 0 radical (unpaired) electrons. The van der Waals surface area contributed by atoms with E-state index >= 15 is 0 Å². The standard InChI is InChI=1S/C28H24Cl2O3S/c1-18-11-19(2)28(34(32,33)17-24-15-25(29)16-26(30)27(24)31)23(12-18)14-20-7-6-10-22(13-20)21-8-4-3-5-9-21/h3-13,15-16,31H,14,17H2,1-2H3. The minimum absolute atomic E-state index is 0.0243. The van der Waals surface area contributed by atoms with Crippen LogP contribution in [-0.4, -0.2) is 13.5 Å². The first-order valence-corrected chi connectivity index (χ1v) is 13.2. The van der Waals surface area contributed by atoms with E-state index in [1.165, 1.54) is 12.1 Å². The molecule has 0 fully saturated rings. The minimum Gasteiger partial charge on any atom is -0.506 e. The van der Waals surface area contributed by atoms with Gasteiger partial charge in [-0.05, 0) is 60.2 Å². The quantitative estimate of drug-likeness (QED) is 0.291. The van der Waals surface area contributed by atoms with Crippen molar-refractivity contribution >= 4 is 33.0 Å². The fourth-order valence-electron chi connectivity index (χ4n) is 4.34. The molecule has 3 nitrogen and oxygen atoms in total. The van der Waals surface area contributed by atoms with E-state index in [0.717, 1.165) is 27.8 Å². The Labute approximate surface area is 210 Å². The normalized spacial score (nSPS) is 11.5. The van der Waals surface area contributed by atoms with Gasteiger partial charge in [-0.25, -0.2) is 8.42 Å². The highest BCUT2D eigenvalue weighted by Crippen LogP contribution is 2.35. The number of benzene rings is 4. The Morgan fingerprint density at radius 2 is 1.50 bits per heavy atom.